The molecule has 2 N–H and O–H groups in total. The summed E-state index contributed by atoms with van der Waals surface area (Å²) in [5.74, 6) is -0.432. The summed E-state index contributed by atoms with van der Waals surface area (Å²) >= 11 is 6.06. The standard InChI is InChI=1S/C13H18ClN3O3/c1-13(2,3)16(8-12(15)18)7-9-4-5-10(17(19)20)6-11(9)14/h4-6H,7-8H2,1-3H3,(H2,15,18). The number of carbonyl (C=O) groups is 1. The Morgan fingerprint density at radius 3 is 2.45 bits per heavy atom. The molecule has 0 bridgehead atoms. The van der Waals surface area contributed by atoms with Crippen molar-refractivity contribution in [3.63, 3.8) is 0 Å². The maximum atomic E-state index is 11.1. The largest absolute Gasteiger partial charge is 0.369 e. The third-order valence-corrected chi connectivity index (χ3v) is 3.26. The van der Waals surface area contributed by atoms with Gasteiger partial charge in [-0.1, -0.05) is 11.6 Å². The molecule has 20 heavy (non-hydrogen) atoms. The van der Waals surface area contributed by atoms with E-state index in [9.17, 15) is 14.9 Å². The first kappa shape index (κ1) is 16.4. The van der Waals surface area contributed by atoms with E-state index in [1.165, 1.54) is 12.1 Å². The normalized spacial score (nSPS) is 11.7. The van der Waals surface area contributed by atoms with Crippen molar-refractivity contribution in [1.29, 1.82) is 0 Å². The number of amides is 1. The molecule has 0 radical (unpaired) electrons. The number of halogens is 1. The summed E-state index contributed by atoms with van der Waals surface area (Å²) in [7, 11) is 0. The fourth-order valence-corrected chi connectivity index (χ4v) is 1.94. The van der Waals surface area contributed by atoms with E-state index < -0.39 is 10.8 Å². The maximum Gasteiger partial charge on any atom is 0.270 e. The van der Waals surface area contributed by atoms with Crippen molar-refractivity contribution in [2.24, 2.45) is 5.73 Å². The third kappa shape index (κ3) is 4.47. The molecule has 0 heterocycles. The van der Waals surface area contributed by atoms with Crippen LogP contribution in [0.1, 0.15) is 26.3 Å². The lowest BCUT2D eigenvalue weighted by Crippen LogP contribution is -2.45. The summed E-state index contributed by atoms with van der Waals surface area (Å²) in [6.45, 7) is 6.35. The molecule has 7 heteroatoms. The van der Waals surface area contributed by atoms with Gasteiger partial charge in [-0.15, -0.1) is 0 Å². The second kappa shape index (κ2) is 6.19. The molecule has 0 unspecified atom stereocenters. The average molecular weight is 300 g/mol. The van der Waals surface area contributed by atoms with E-state index in [-0.39, 0.29) is 17.8 Å². The van der Waals surface area contributed by atoms with Crippen LogP contribution in [-0.4, -0.2) is 27.8 Å². The van der Waals surface area contributed by atoms with Crippen molar-refractivity contribution in [3.8, 4) is 0 Å². The van der Waals surface area contributed by atoms with E-state index in [4.69, 9.17) is 17.3 Å². The van der Waals surface area contributed by atoms with Crippen LogP contribution >= 0.6 is 11.6 Å². The van der Waals surface area contributed by atoms with Gasteiger partial charge < -0.3 is 5.73 Å². The zero-order chi connectivity index (χ0) is 15.5. The Labute approximate surface area is 122 Å². The highest BCUT2D eigenvalue weighted by Gasteiger charge is 2.24. The number of non-ortho nitro benzene ring substituents is 1. The van der Waals surface area contributed by atoms with Gasteiger partial charge in [0.25, 0.3) is 5.69 Å². The molecule has 0 aliphatic carbocycles. The molecule has 1 amide bonds. The number of carbonyl (C=O) groups excluding carboxylic acids is 1. The molecule has 0 aliphatic rings. The van der Waals surface area contributed by atoms with Gasteiger partial charge in [0.05, 0.1) is 16.5 Å². The van der Waals surface area contributed by atoms with Gasteiger partial charge in [-0.25, -0.2) is 0 Å². The van der Waals surface area contributed by atoms with Crippen molar-refractivity contribution in [3.05, 3.63) is 38.9 Å². The van der Waals surface area contributed by atoms with E-state index in [0.29, 0.717) is 17.1 Å². The lowest BCUT2D eigenvalue weighted by Gasteiger charge is -2.34. The van der Waals surface area contributed by atoms with Crippen LogP contribution in [0.15, 0.2) is 18.2 Å². The van der Waals surface area contributed by atoms with Crippen LogP contribution in [0, 0.1) is 10.1 Å². The molecule has 0 atom stereocenters. The number of hydrogen-bond donors (Lipinski definition) is 1. The van der Waals surface area contributed by atoms with Gasteiger partial charge in [0.15, 0.2) is 0 Å². The molecule has 0 saturated carbocycles. The van der Waals surface area contributed by atoms with Crippen molar-refractivity contribution in [1.82, 2.24) is 4.90 Å². The Kier molecular flexibility index (Phi) is 5.08. The number of hydrogen-bond acceptors (Lipinski definition) is 4. The van der Waals surface area contributed by atoms with Crippen LogP contribution in [0.25, 0.3) is 0 Å². The highest BCUT2D eigenvalue weighted by atomic mass is 35.5. The van der Waals surface area contributed by atoms with Gasteiger partial charge >= 0.3 is 0 Å². The summed E-state index contributed by atoms with van der Waals surface area (Å²) in [5.41, 5.74) is 5.62. The number of rotatable bonds is 5. The highest BCUT2D eigenvalue weighted by Crippen LogP contribution is 2.25. The van der Waals surface area contributed by atoms with Crippen LogP contribution in [0.2, 0.25) is 5.02 Å². The lowest BCUT2D eigenvalue weighted by molar-refractivity contribution is -0.384. The van der Waals surface area contributed by atoms with Crippen LogP contribution < -0.4 is 5.73 Å². The summed E-state index contributed by atoms with van der Waals surface area (Å²) in [5, 5.41) is 11.0. The van der Waals surface area contributed by atoms with E-state index in [2.05, 4.69) is 0 Å². The molecule has 1 aromatic carbocycles. The maximum absolute atomic E-state index is 11.1. The first-order valence-corrected chi connectivity index (χ1v) is 6.45. The Balaban J connectivity index is 3.00. The van der Waals surface area contributed by atoms with Gasteiger partial charge in [-0.2, -0.15) is 0 Å². The second-order valence-electron chi connectivity index (χ2n) is 5.53. The summed E-state index contributed by atoms with van der Waals surface area (Å²) in [6, 6.07) is 4.30. The quantitative estimate of drug-likeness (QED) is 0.667. The van der Waals surface area contributed by atoms with Crippen molar-refractivity contribution in [2.75, 3.05) is 6.54 Å². The van der Waals surface area contributed by atoms with Crippen LogP contribution in [0.3, 0.4) is 0 Å². The van der Waals surface area contributed by atoms with Gasteiger partial charge in [0, 0.05) is 24.2 Å². The van der Waals surface area contributed by atoms with Crippen molar-refractivity contribution >= 4 is 23.2 Å². The number of nitrogens with two attached hydrogens (primary N) is 1. The topological polar surface area (TPSA) is 89.5 Å². The van der Waals surface area contributed by atoms with E-state index >= 15 is 0 Å². The molecule has 0 spiro atoms. The van der Waals surface area contributed by atoms with Gasteiger partial charge in [-0.3, -0.25) is 19.8 Å². The van der Waals surface area contributed by atoms with Crippen LogP contribution in [-0.2, 0) is 11.3 Å². The molecule has 0 fully saturated rings. The molecule has 0 aromatic heterocycles. The lowest BCUT2D eigenvalue weighted by atomic mass is 10.0. The summed E-state index contributed by atoms with van der Waals surface area (Å²) in [4.78, 5) is 23.2. The van der Waals surface area contributed by atoms with Crippen LogP contribution in [0.5, 0.6) is 0 Å². The van der Waals surface area contributed by atoms with E-state index in [1.807, 2.05) is 25.7 Å². The van der Waals surface area contributed by atoms with E-state index in [0.717, 1.165) is 0 Å². The number of primary amides is 1. The zero-order valence-corrected chi connectivity index (χ0v) is 12.5. The van der Waals surface area contributed by atoms with Gasteiger partial charge in [0.2, 0.25) is 5.91 Å². The third-order valence-electron chi connectivity index (χ3n) is 2.90. The molecule has 0 aliphatic heterocycles. The predicted octanol–water partition coefficient (Wildman–Crippen LogP) is 2.33. The fourth-order valence-electron chi connectivity index (χ4n) is 1.70. The minimum atomic E-state index is -0.499. The van der Waals surface area contributed by atoms with Gasteiger partial charge in [-0.05, 0) is 32.4 Å². The number of nitro groups is 1. The monoisotopic (exact) mass is 299 g/mol. The molecular formula is C13H18ClN3O3. The molecule has 0 saturated heterocycles. The number of nitro benzene ring substituents is 1. The van der Waals surface area contributed by atoms with E-state index in [1.54, 1.807) is 6.07 Å². The Hall–Kier alpha value is -1.66. The average Bonchev–Trinajstić information content (AvgIpc) is 2.28. The molecular weight excluding hydrogens is 282 g/mol. The first-order valence-electron chi connectivity index (χ1n) is 6.07. The Bertz CT molecular complexity index is 526. The van der Waals surface area contributed by atoms with Gasteiger partial charge in [0.1, 0.15) is 0 Å². The summed E-state index contributed by atoms with van der Waals surface area (Å²) in [6.07, 6.45) is 0. The summed E-state index contributed by atoms with van der Waals surface area (Å²) < 4.78 is 0. The second-order valence-corrected chi connectivity index (χ2v) is 5.93. The van der Waals surface area contributed by atoms with Crippen LogP contribution in [0.4, 0.5) is 5.69 Å². The number of benzene rings is 1. The molecule has 110 valence electrons. The molecule has 6 nitrogen and oxygen atoms in total. The van der Waals surface area contributed by atoms with Crippen molar-refractivity contribution in [2.45, 2.75) is 32.9 Å². The zero-order valence-electron chi connectivity index (χ0n) is 11.7. The minimum absolute atomic E-state index is 0.0593. The predicted molar refractivity (Wildman–Crippen MR) is 77.5 cm³/mol. The Morgan fingerprint density at radius 1 is 1.45 bits per heavy atom. The SMILES string of the molecule is CC(C)(C)N(CC(N)=O)Cc1ccc([N+](=O)[O-])cc1Cl. The molecule has 1 rings (SSSR count). The first-order chi connectivity index (χ1) is 9.11. The highest BCUT2D eigenvalue weighted by molar-refractivity contribution is 6.31. The minimum Gasteiger partial charge on any atom is -0.369 e. The Morgan fingerprint density at radius 2 is 2.05 bits per heavy atom. The smallest absolute Gasteiger partial charge is 0.270 e. The fraction of sp³-hybridized carbons (Fsp3) is 0.462. The van der Waals surface area contributed by atoms with Crippen molar-refractivity contribution < 1.29 is 9.72 Å². The molecule has 1 aromatic rings. The number of nitrogens with zero attached hydrogens (tertiary/aromatic N) is 2.